The monoisotopic (exact) mass is 243 g/mol. The molecule has 0 aromatic carbocycles. The minimum absolute atomic E-state index is 0.234. The third kappa shape index (κ3) is 5.82. The SMILES string of the molecule is CCCNCC(O)CN1CCCC(N(C)C)C1. The second-order valence-electron chi connectivity index (χ2n) is 5.38. The largest absolute Gasteiger partial charge is 0.390 e. The molecule has 0 saturated carbocycles. The first-order valence-electron chi connectivity index (χ1n) is 6.91. The van der Waals surface area contributed by atoms with Crippen molar-refractivity contribution in [2.24, 2.45) is 0 Å². The van der Waals surface area contributed by atoms with E-state index in [1.807, 2.05) is 0 Å². The Balaban J connectivity index is 2.21. The van der Waals surface area contributed by atoms with Gasteiger partial charge in [0.15, 0.2) is 0 Å². The Labute approximate surface area is 106 Å². The maximum Gasteiger partial charge on any atom is 0.0791 e. The molecule has 0 amide bonds. The zero-order valence-electron chi connectivity index (χ0n) is 11.7. The van der Waals surface area contributed by atoms with Crippen LogP contribution in [0, 0.1) is 0 Å². The van der Waals surface area contributed by atoms with Gasteiger partial charge < -0.3 is 15.3 Å². The van der Waals surface area contributed by atoms with E-state index in [9.17, 15) is 5.11 Å². The number of piperidine rings is 1. The van der Waals surface area contributed by atoms with Crippen molar-refractivity contribution >= 4 is 0 Å². The fraction of sp³-hybridized carbons (Fsp3) is 1.00. The van der Waals surface area contributed by atoms with Crippen LogP contribution in [-0.4, -0.2) is 73.9 Å². The average Bonchev–Trinajstić information content (AvgIpc) is 2.29. The summed E-state index contributed by atoms with van der Waals surface area (Å²) in [5.41, 5.74) is 0. The molecule has 0 bridgehead atoms. The van der Waals surface area contributed by atoms with Crippen molar-refractivity contribution in [3.63, 3.8) is 0 Å². The molecule has 1 heterocycles. The molecule has 1 fully saturated rings. The van der Waals surface area contributed by atoms with Crippen LogP contribution in [0.5, 0.6) is 0 Å². The third-order valence-electron chi connectivity index (χ3n) is 3.49. The Kier molecular flexibility index (Phi) is 7.04. The molecular weight excluding hydrogens is 214 g/mol. The minimum Gasteiger partial charge on any atom is -0.390 e. The van der Waals surface area contributed by atoms with Gasteiger partial charge >= 0.3 is 0 Å². The van der Waals surface area contributed by atoms with Gasteiger partial charge in [0.2, 0.25) is 0 Å². The molecule has 1 aliphatic heterocycles. The smallest absolute Gasteiger partial charge is 0.0791 e. The summed E-state index contributed by atoms with van der Waals surface area (Å²) in [6.45, 7) is 6.90. The Morgan fingerprint density at radius 2 is 2.24 bits per heavy atom. The van der Waals surface area contributed by atoms with Crippen LogP contribution in [0.3, 0.4) is 0 Å². The maximum atomic E-state index is 9.94. The first kappa shape index (κ1) is 14.9. The first-order valence-corrected chi connectivity index (χ1v) is 6.91. The highest BCUT2D eigenvalue weighted by Crippen LogP contribution is 2.13. The van der Waals surface area contributed by atoms with Crippen molar-refractivity contribution in [2.75, 3.05) is 46.8 Å². The van der Waals surface area contributed by atoms with E-state index < -0.39 is 0 Å². The van der Waals surface area contributed by atoms with Gasteiger partial charge in [-0.1, -0.05) is 6.92 Å². The number of hydrogen-bond donors (Lipinski definition) is 2. The molecule has 17 heavy (non-hydrogen) atoms. The van der Waals surface area contributed by atoms with Gasteiger partial charge in [0, 0.05) is 25.7 Å². The highest BCUT2D eigenvalue weighted by atomic mass is 16.3. The molecular formula is C13H29N3O. The van der Waals surface area contributed by atoms with Gasteiger partial charge in [-0.25, -0.2) is 0 Å². The molecule has 1 aliphatic rings. The van der Waals surface area contributed by atoms with Crippen LogP contribution in [0.15, 0.2) is 0 Å². The van der Waals surface area contributed by atoms with Gasteiger partial charge in [0.25, 0.3) is 0 Å². The van der Waals surface area contributed by atoms with Crippen LogP contribution < -0.4 is 5.32 Å². The van der Waals surface area contributed by atoms with Gasteiger partial charge in [-0.2, -0.15) is 0 Å². The number of nitrogens with zero attached hydrogens (tertiary/aromatic N) is 2. The van der Waals surface area contributed by atoms with Crippen molar-refractivity contribution in [1.82, 2.24) is 15.1 Å². The topological polar surface area (TPSA) is 38.7 Å². The maximum absolute atomic E-state index is 9.94. The van der Waals surface area contributed by atoms with E-state index >= 15 is 0 Å². The molecule has 2 unspecified atom stereocenters. The first-order chi connectivity index (χ1) is 8.13. The van der Waals surface area contributed by atoms with Gasteiger partial charge in [-0.3, -0.25) is 4.90 Å². The number of rotatable bonds is 7. The average molecular weight is 243 g/mol. The van der Waals surface area contributed by atoms with Crippen LogP contribution >= 0.6 is 0 Å². The summed E-state index contributed by atoms with van der Waals surface area (Å²) in [7, 11) is 4.29. The Hall–Kier alpha value is -0.160. The second-order valence-corrected chi connectivity index (χ2v) is 5.38. The summed E-state index contributed by atoms with van der Waals surface area (Å²) >= 11 is 0. The molecule has 0 radical (unpaired) electrons. The van der Waals surface area contributed by atoms with Crippen LogP contribution in [0.2, 0.25) is 0 Å². The Bertz CT molecular complexity index is 199. The summed E-state index contributed by atoms with van der Waals surface area (Å²) in [6.07, 6.45) is 3.42. The van der Waals surface area contributed by atoms with E-state index in [2.05, 4.69) is 36.1 Å². The fourth-order valence-electron chi connectivity index (χ4n) is 2.43. The number of nitrogens with one attached hydrogen (secondary N) is 1. The highest BCUT2D eigenvalue weighted by molar-refractivity contribution is 4.79. The van der Waals surface area contributed by atoms with Gasteiger partial charge in [0.05, 0.1) is 6.10 Å². The van der Waals surface area contributed by atoms with Crippen LogP contribution in [0.1, 0.15) is 26.2 Å². The molecule has 1 saturated heterocycles. The highest BCUT2D eigenvalue weighted by Gasteiger charge is 2.22. The zero-order chi connectivity index (χ0) is 12.7. The number of aliphatic hydroxyl groups excluding tert-OH is 1. The quantitative estimate of drug-likeness (QED) is 0.634. The van der Waals surface area contributed by atoms with E-state index in [1.54, 1.807) is 0 Å². The number of aliphatic hydroxyl groups is 1. The Morgan fingerprint density at radius 3 is 2.88 bits per heavy atom. The lowest BCUT2D eigenvalue weighted by Crippen LogP contribution is -2.48. The molecule has 1 rings (SSSR count). The molecule has 0 aromatic rings. The lowest BCUT2D eigenvalue weighted by molar-refractivity contribution is 0.0722. The van der Waals surface area contributed by atoms with E-state index in [-0.39, 0.29) is 6.10 Å². The summed E-state index contributed by atoms with van der Waals surface area (Å²) in [6, 6.07) is 0.652. The molecule has 4 nitrogen and oxygen atoms in total. The summed E-state index contributed by atoms with van der Waals surface area (Å²) in [5.74, 6) is 0. The predicted molar refractivity (Wildman–Crippen MR) is 72.3 cm³/mol. The van der Waals surface area contributed by atoms with Crippen LogP contribution in [-0.2, 0) is 0 Å². The van der Waals surface area contributed by atoms with Crippen LogP contribution in [0.25, 0.3) is 0 Å². The third-order valence-corrected chi connectivity index (χ3v) is 3.49. The minimum atomic E-state index is -0.234. The molecule has 0 aromatic heterocycles. The van der Waals surface area contributed by atoms with Gasteiger partial charge in [-0.15, -0.1) is 0 Å². The van der Waals surface area contributed by atoms with Gasteiger partial charge in [-0.05, 0) is 46.4 Å². The second kappa shape index (κ2) is 8.03. The number of hydrogen-bond acceptors (Lipinski definition) is 4. The van der Waals surface area contributed by atoms with Crippen molar-refractivity contribution in [3.05, 3.63) is 0 Å². The molecule has 2 N–H and O–H groups in total. The lowest BCUT2D eigenvalue weighted by atomic mass is 10.0. The van der Waals surface area contributed by atoms with Crippen LogP contribution in [0.4, 0.5) is 0 Å². The van der Waals surface area contributed by atoms with E-state index in [1.165, 1.54) is 12.8 Å². The number of likely N-dealkylation sites (N-methyl/N-ethyl adjacent to an activating group) is 1. The summed E-state index contributed by atoms with van der Waals surface area (Å²) in [4.78, 5) is 4.69. The fourth-order valence-corrected chi connectivity index (χ4v) is 2.43. The standard InChI is InChI=1S/C13H29N3O/c1-4-7-14-9-13(17)11-16-8-5-6-12(10-16)15(2)3/h12-14,17H,4-11H2,1-3H3. The lowest BCUT2D eigenvalue weighted by Gasteiger charge is -2.37. The number of β-amino-alcohol motifs (C(OH)–C–C–N with tert-alkyl or cyclic N) is 1. The Morgan fingerprint density at radius 1 is 1.47 bits per heavy atom. The zero-order valence-corrected chi connectivity index (χ0v) is 11.7. The van der Waals surface area contributed by atoms with Crippen molar-refractivity contribution in [2.45, 2.75) is 38.3 Å². The molecule has 0 spiro atoms. The predicted octanol–water partition coefficient (Wildman–Crippen LogP) is 0.373. The molecule has 2 atom stereocenters. The van der Waals surface area contributed by atoms with Gasteiger partial charge in [0.1, 0.15) is 0 Å². The molecule has 0 aliphatic carbocycles. The van der Waals surface area contributed by atoms with Crippen molar-refractivity contribution < 1.29 is 5.11 Å². The van der Waals surface area contributed by atoms with E-state index in [4.69, 9.17) is 0 Å². The summed E-state index contributed by atoms with van der Waals surface area (Å²) < 4.78 is 0. The van der Waals surface area contributed by atoms with Crippen molar-refractivity contribution in [3.8, 4) is 0 Å². The summed E-state index contributed by atoms with van der Waals surface area (Å²) in [5, 5.41) is 13.2. The van der Waals surface area contributed by atoms with E-state index in [0.29, 0.717) is 6.04 Å². The molecule has 4 heteroatoms. The molecule has 102 valence electrons. The van der Waals surface area contributed by atoms with E-state index in [0.717, 1.165) is 39.1 Å². The number of likely N-dealkylation sites (tertiary alicyclic amines) is 1. The normalized spacial score (nSPS) is 24.2. The van der Waals surface area contributed by atoms with Crippen molar-refractivity contribution in [1.29, 1.82) is 0 Å².